The van der Waals surface area contributed by atoms with Gasteiger partial charge in [-0.1, -0.05) is 32.0 Å². The first-order valence-corrected chi connectivity index (χ1v) is 7.41. The van der Waals surface area contributed by atoms with Crippen molar-refractivity contribution in [3.8, 4) is 0 Å². The summed E-state index contributed by atoms with van der Waals surface area (Å²) in [5, 5.41) is 9.07. The third kappa shape index (κ3) is 3.00. The molecule has 3 aromatic rings. The predicted octanol–water partition coefficient (Wildman–Crippen LogP) is 2.92. The molecule has 0 aliphatic rings. The van der Waals surface area contributed by atoms with Gasteiger partial charge in [-0.25, -0.2) is 0 Å². The van der Waals surface area contributed by atoms with Crippen LogP contribution in [0.4, 0.5) is 0 Å². The predicted molar refractivity (Wildman–Crippen MR) is 86.2 cm³/mol. The molecule has 110 valence electrons. The Hall–Kier alpha value is -2.07. The fraction of sp³-hybridized carbons (Fsp3) is 0.353. The monoisotopic (exact) mass is 282 g/mol. The van der Waals surface area contributed by atoms with Crippen molar-refractivity contribution in [1.82, 2.24) is 19.7 Å². The lowest BCUT2D eigenvalue weighted by atomic mass is 10.2. The summed E-state index contributed by atoms with van der Waals surface area (Å²) in [7, 11) is 1.96. The molecule has 0 aliphatic carbocycles. The van der Waals surface area contributed by atoms with Gasteiger partial charge in [-0.15, -0.1) is 0 Å². The molecule has 3 rings (SSSR count). The number of rotatable bonds is 5. The molecule has 0 amide bonds. The van der Waals surface area contributed by atoms with Crippen molar-refractivity contribution in [2.75, 3.05) is 0 Å². The quantitative estimate of drug-likeness (QED) is 0.781. The Morgan fingerprint density at radius 3 is 2.76 bits per heavy atom. The summed E-state index contributed by atoms with van der Waals surface area (Å²) in [5.41, 5.74) is 3.82. The molecule has 0 atom stereocenters. The number of hydrogen-bond acceptors (Lipinski definition) is 2. The van der Waals surface area contributed by atoms with Gasteiger partial charge >= 0.3 is 0 Å². The Balaban J connectivity index is 1.98. The van der Waals surface area contributed by atoms with Crippen molar-refractivity contribution in [3.05, 3.63) is 54.0 Å². The van der Waals surface area contributed by atoms with Crippen molar-refractivity contribution in [1.29, 1.82) is 0 Å². The maximum absolute atomic E-state index is 4.27. The molecule has 0 saturated heterocycles. The zero-order valence-corrected chi connectivity index (χ0v) is 12.9. The standard InChI is InChI=1S/C17H22N4/c1-13(2)18-10-16-8-15-6-4-5-7-17(15)21(16)12-14-9-19-20(3)11-14/h4-9,11,13,18H,10,12H2,1-3H3. The summed E-state index contributed by atoms with van der Waals surface area (Å²) in [6.45, 7) is 6.09. The van der Waals surface area contributed by atoms with E-state index in [9.17, 15) is 0 Å². The molecule has 4 nitrogen and oxygen atoms in total. The molecule has 0 radical (unpaired) electrons. The lowest BCUT2D eigenvalue weighted by molar-refractivity contribution is 0.567. The normalized spacial score (nSPS) is 11.6. The highest BCUT2D eigenvalue weighted by molar-refractivity contribution is 5.81. The third-order valence-electron chi connectivity index (χ3n) is 3.69. The van der Waals surface area contributed by atoms with E-state index in [1.807, 2.05) is 17.9 Å². The van der Waals surface area contributed by atoms with Gasteiger partial charge in [0, 0.05) is 42.6 Å². The topological polar surface area (TPSA) is 34.8 Å². The van der Waals surface area contributed by atoms with Crippen LogP contribution in [0, 0.1) is 0 Å². The number of hydrogen-bond donors (Lipinski definition) is 1. The summed E-state index contributed by atoms with van der Waals surface area (Å²) in [6.07, 6.45) is 4.02. The van der Waals surface area contributed by atoms with Crippen LogP contribution < -0.4 is 5.32 Å². The Kier molecular flexibility index (Phi) is 3.80. The second-order valence-electron chi connectivity index (χ2n) is 5.84. The van der Waals surface area contributed by atoms with Crippen LogP contribution in [0.5, 0.6) is 0 Å². The van der Waals surface area contributed by atoms with E-state index in [0.29, 0.717) is 6.04 Å². The van der Waals surface area contributed by atoms with Crippen molar-refractivity contribution in [3.63, 3.8) is 0 Å². The van der Waals surface area contributed by atoms with Gasteiger partial charge in [0.1, 0.15) is 0 Å². The van der Waals surface area contributed by atoms with Crippen LogP contribution in [0.2, 0.25) is 0 Å². The van der Waals surface area contributed by atoms with E-state index in [1.165, 1.54) is 22.2 Å². The van der Waals surface area contributed by atoms with Gasteiger partial charge in [0.05, 0.1) is 12.7 Å². The van der Waals surface area contributed by atoms with Gasteiger partial charge in [0.15, 0.2) is 0 Å². The van der Waals surface area contributed by atoms with E-state index in [-0.39, 0.29) is 0 Å². The van der Waals surface area contributed by atoms with Gasteiger partial charge in [-0.3, -0.25) is 4.68 Å². The van der Waals surface area contributed by atoms with Crippen molar-refractivity contribution in [2.45, 2.75) is 33.0 Å². The maximum atomic E-state index is 4.27. The van der Waals surface area contributed by atoms with Gasteiger partial charge in [-0.2, -0.15) is 5.10 Å². The minimum absolute atomic E-state index is 0.481. The summed E-state index contributed by atoms with van der Waals surface area (Å²) >= 11 is 0. The highest BCUT2D eigenvalue weighted by atomic mass is 15.2. The van der Waals surface area contributed by atoms with Gasteiger partial charge in [-0.05, 0) is 17.5 Å². The molecule has 4 heteroatoms. The molecule has 0 fully saturated rings. The van der Waals surface area contributed by atoms with E-state index in [4.69, 9.17) is 0 Å². The van der Waals surface area contributed by atoms with Crippen molar-refractivity contribution < 1.29 is 0 Å². The molecule has 1 aromatic carbocycles. The number of benzene rings is 1. The van der Waals surface area contributed by atoms with Crippen LogP contribution in [0.3, 0.4) is 0 Å². The molecule has 0 bridgehead atoms. The lowest BCUT2D eigenvalue weighted by Gasteiger charge is -2.12. The third-order valence-corrected chi connectivity index (χ3v) is 3.69. The minimum atomic E-state index is 0.481. The average Bonchev–Trinajstić information content (AvgIpc) is 3.01. The first-order chi connectivity index (χ1) is 10.1. The zero-order valence-electron chi connectivity index (χ0n) is 12.9. The summed E-state index contributed by atoms with van der Waals surface area (Å²) in [6, 6.07) is 11.3. The smallest absolute Gasteiger partial charge is 0.0539 e. The number of para-hydroxylation sites is 1. The van der Waals surface area contributed by atoms with Crippen LogP contribution in [0.1, 0.15) is 25.1 Å². The zero-order chi connectivity index (χ0) is 14.8. The molecule has 0 aliphatic heterocycles. The summed E-state index contributed by atoms with van der Waals surface area (Å²) < 4.78 is 4.23. The molecule has 0 unspecified atom stereocenters. The van der Waals surface area contributed by atoms with Crippen LogP contribution in [-0.4, -0.2) is 20.4 Å². The van der Waals surface area contributed by atoms with Gasteiger partial charge in [0.25, 0.3) is 0 Å². The fourth-order valence-corrected chi connectivity index (χ4v) is 2.65. The number of nitrogens with one attached hydrogen (secondary N) is 1. The average molecular weight is 282 g/mol. The van der Waals surface area contributed by atoms with Crippen LogP contribution in [0.25, 0.3) is 10.9 Å². The van der Waals surface area contributed by atoms with Crippen molar-refractivity contribution >= 4 is 10.9 Å². The Morgan fingerprint density at radius 2 is 2.05 bits per heavy atom. The Morgan fingerprint density at radius 1 is 1.24 bits per heavy atom. The fourth-order valence-electron chi connectivity index (χ4n) is 2.65. The van der Waals surface area contributed by atoms with E-state index >= 15 is 0 Å². The number of nitrogens with zero attached hydrogens (tertiary/aromatic N) is 3. The molecular formula is C17H22N4. The number of fused-ring (bicyclic) bond motifs is 1. The highest BCUT2D eigenvalue weighted by Crippen LogP contribution is 2.21. The molecule has 0 saturated carbocycles. The van der Waals surface area contributed by atoms with E-state index in [0.717, 1.165) is 13.1 Å². The van der Waals surface area contributed by atoms with Gasteiger partial charge < -0.3 is 9.88 Å². The second kappa shape index (κ2) is 5.74. The SMILES string of the molecule is CC(C)NCc1cc2ccccc2n1Cc1cnn(C)c1. The summed E-state index contributed by atoms with van der Waals surface area (Å²) in [5.74, 6) is 0. The molecule has 2 aromatic heterocycles. The van der Waals surface area contributed by atoms with E-state index in [2.05, 4.69) is 65.4 Å². The van der Waals surface area contributed by atoms with Gasteiger partial charge in [0.2, 0.25) is 0 Å². The van der Waals surface area contributed by atoms with Crippen LogP contribution >= 0.6 is 0 Å². The largest absolute Gasteiger partial charge is 0.339 e. The maximum Gasteiger partial charge on any atom is 0.0539 e. The molecule has 1 N–H and O–H groups in total. The highest BCUT2D eigenvalue weighted by Gasteiger charge is 2.10. The molecule has 0 spiro atoms. The molecule has 2 heterocycles. The number of aryl methyl sites for hydroxylation is 1. The first kappa shape index (κ1) is 13.9. The Labute approximate surface area is 125 Å². The lowest BCUT2D eigenvalue weighted by Crippen LogP contribution is -2.23. The minimum Gasteiger partial charge on any atom is -0.339 e. The molecular weight excluding hydrogens is 260 g/mol. The number of aromatic nitrogens is 3. The van der Waals surface area contributed by atoms with E-state index in [1.54, 1.807) is 0 Å². The van der Waals surface area contributed by atoms with Crippen LogP contribution in [-0.2, 0) is 20.1 Å². The summed E-state index contributed by atoms with van der Waals surface area (Å²) in [4.78, 5) is 0. The molecule has 21 heavy (non-hydrogen) atoms. The van der Waals surface area contributed by atoms with Crippen LogP contribution in [0.15, 0.2) is 42.7 Å². The van der Waals surface area contributed by atoms with Crippen molar-refractivity contribution in [2.24, 2.45) is 7.05 Å². The first-order valence-electron chi connectivity index (χ1n) is 7.41. The van der Waals surface area contributed by atoms with E-state index < -0.39 is 0 Å². The Bertz CT molecular complexity index is 736. The second-order valence-corrected chi connectivity index (χ2v) is 5.84.